The number of rotatable bonds is 5. The van der Waals surface area contributed by atoms with Gasteiger partial charge >= 0.3 is 0 Å². The highest BCUT2D eigenvalue weighted by atomic mass is 32.2. The number of benzene rings is 1. The second-order valence-corrected chi connectivity index (χ2v) is 7.95. The Labute approximate surface area is 121 Å². The zero-order valence-corrected chi connectivity index (χ0v) is 12.7. The van der Waals surface area contributed by atoms with Crippen molar-refractivity contribution < 1.29 is 8.42 Å². The lowest BCUT2D eigenvalue weighted by atomic mass is 10.2. The molecule has 1 aliphatic heterocycles. The van der Waals surface area contributed by atoms with Gasteiger partial charge in [0.15, 0.2) is 9.84 Å². The molecule has 0 amide bonds. The van der Waals surface area contributed by atoms with Crippen LogP contribution in [0.25, 0.3) is 0 Å². The molecule has 3 rings (SSSR count). The molecule has 1 aromatic carbocycles. The maximum absolute atomic E-state index is 11.5. The molecule has 1 unspecified atom stereocenters. The van der Waals surface area contributed by atoms with E-state index >= 15 is 0 Å². The first-order valence-corrected chi connectivity index (χ1v) is 9.23. The van der Waals surface area contributed by atoms with E-state index in [1.165, 1.54) is 31.9 Å². The second-order valence-electron chi connectivity index (χ2n) is 5.94. The molecule has 0 radical (unpaired) electrons. The molecule has 5 heteroatoms. The van der Waals surface area contributed by atoms with Gasteiger partial charge in [-0.2, -0.15) is 0 Å². The monoisotopic (exact) mass is 294 g/mol. The Morgan fingerprint density at radius 3 is 2.50 bits per heavy atom. The van der Waals surface area contributed by atoms with Gasteiger partial charge in [0.05, 0.1) is 4.90 Å². The zero-order valence-electron chi connectivity index (χ0n) is 11.9. The molecule has 1 aromatic rings. The number of sulfone groups is 1. The molecule has 0 spiro atoms. The zero-order chi connectivity index (χ0) is 14.2. The van der Waals surface area contributed by atoms with Crippen molar-refractivity contribution in [1.29, 1.82) is 0 Å². The van der Waals surface area contributed by atoms with Crippen LogP contribution in [-0.2, 0) is 9.84 Å². The average molecular weight is 294 g/mol. The van der Waals surface area contributed by atoms with Gasteiger partial charge in [-0.1, -0.05) is 0 Å². The Balaban J connectivity index is 1.70. The van der Waals surface area contributed by atoms with E-state index in [1.807, 2.05) is 12.1 Å². The van der Waals surface area contributed by atoms with E-state index in [2.05, 4.69) is 10.2 Å². The summed E-state index contributed by atoms with van der Waals surface area (Å²) in [4.78, 5) is 2.80. The summed E-state index contributed by atoms with van der Waals surface area (Å²) < 4.78 is 23.0. The summed E-state index contributed by atoms with van der Waals surface area (Å²) >= 11 is 0. The number of hydrogen-bond acceptors (Lipinski definition) is 4. The Morgan fingerprint density at radius 2 is 1.90 bits per heavy atom. The first-order valence-electron chi connectivity index (χ1n) is 7.34. The lowest BCUT2D eigenvalue weighted by Crippen LogP contribution is -2.38. The van der Waals surface area contributed by atoms with Gasteiger partial charge in [0.2, 0.25) is 0 Å². The molecule has 1 atom stereocenters. The van der Waals surface area contributed by atoms with Gasteiger partial charge in [-0.3, -0.25) is 0 Å². The predicted molar refractivity (Wildman–Crippen MR) is 80.9 cm³/mol. The van der Waals surface area contributed by atoms with E-state index in [0.717, 1.165) is 24.8 Å². The van der Waals surface area contributed by atoms with Crippen molar-refractivity contribution in [3.63, 3.8) is 0 Å². The van der Waals surface area contributed by atoms with Gasteiger partial charge in [0.25, 0.3) is 0 Å². The normalized spacial score (nSPS) is 23.2. The van der Waals surface area contributed by atoms with Crippen LogP contribution in [0.5, 0.6) is 0 Å². The molecule has 2 fully saturated rings. The summed E-state index contributed by atoms with van der Waals surface area (Å²) in [7, 11) is -3.10. The third-order valence-corrected chi connectivity index (χ3v) is 5.32. The molecule has 1 heterocycles. The molecule has 0 bridgehead atoms. The quantitative estimate of drug-likeness (QED) is 0.900. The molecule has 1 saturated carbocycles. The predicted octanol–water partition coefficient (Wildman–Crippen LogP) is 1.81. The van der Waals surface area contributed by atoms with Crippen molar-refractivity contribution in [2.45, 2.75) is 42.7 Å². The highest BCUT2D eigenvalue weighted by Crippen LogP contribution is 2.27. The van der Waals surface area contributed by atoms with Crippen LogP contribution in [0.2, 0.25) is 0 Å². The second kappa shape index (κ2) is 5.37. The third kappa shape index (κ3) is 3.15. The molecule has 1 saturated heterocycles. The summed E-state index contributed by atoms with van der Waals surface area (Å²) in [6, 6.07) is 8.59. The third-order valence-electron chi connectivity index (χ3n) is 4.19. The first-order chi connectivity index (χ1) is 9.54. The van der Waals surface area contributed by atoms with Crippen LogP contribution < -0.4 is 10.2 Å². The number of nitrogens with one attached hydrogen (secondary N) is 1. The Morgan fingerprint density at radius 1 is 1.20 bits per heavy atom. The summed E-state index contributed by atoms with van der Waals surface area (Å²) in [5.41, 5.74) is 1.14. The molecule has 0 aromatic heterocycles. The van der Waals surface area contributed by atoms with Gasteiger partial charge in [0.1, 0.15) is 0 Å². The van der Waals surface area contributed by atoms with E-state index in [9.17, 15) is 8.42 Å². The molecular formula is C15H22N2O2S. The SMILES string of the molecule is CS(=O)(=O)c1ccc(N2CCCC2CNC2CC2)cc1. The maximum Gasteiger partial charge on any atom is 0.175 e. The van der Waals surface area contributed by atoms with Gasteiger partial charge in [-0.15, -0.1) is 0 Å². The van der Waals surface area contributed by atoms with Crippen LogP contribution >= 0.6 is 0 Å². The lowest BCUT2D eigenvalue weighted by Gasteiger charge is -2.27. The summed E-state index contributed by atoms with van der Waals surface area (Å²) in [5, 5.41) is 3.60. The van der Waals surface area contributed by atoms with Crippen LogP contribution in [0.15, 0.2) is 29.2 Å². The van der Waals surface area contributed by atoms with Gasteiger partial charge in [0, 0.05) is 37.1 Å². The minimum absolute atomic E-state index is 0.396. The fourth-order valence-electron chi connectivity index (χ4n) is 2.86. The van der Waals surface area contributed by atoms with Crippen molar-refractivity contribution in [3.05, 3.63) is 24.3 Å². The standard InChI is InChI=1S/C15H22N2O2S/c1-20(18,19)15-8-6-13(7-9-15)17-10-2-3-14(17)11-16-12-4-5-12/h6-9,12,14,16H,2-5,10-11H2,1H3. The molecule has 4 nitrogen and oxygen atoms in total. The molecule has 2 aliphatic rings. The molecule has 20 heavy (non-hydrogen) atoms. The van der Waals surface area contributed by atoms with Gasteiger partial charge in [-0.25, -0.2) is 8.42 Å². The Bertz CT molecular complexity index is 564. The average Bonchev–Trinajstić information content (AvgIpc) is 3.12. The van der Waals surface area contributed by atoms with E-state index < -0.39 is 9.84 Å². The van der Waals surface area contributed by atoms with Crippen molar-refractivity contribution in [2.75, 3.05) is 24.2 Å². The van der Waals surface area contributed by atoms with Crippen LogP contribution in [0.3, 0.4) is 0 Å². The fourth-order valence-corrected chi connectivity index (χ4v) is 3.49. The highest BCUT2D eigenvalue weighted by molar-refractivity contribution is 7.90. The minimum Gasteiger partial charge on any atom is -0.367 e. The lowest BCUT2D eigenvalue weighted by molar-refractivity contribution is 0.571. The van der Waals surface area contributed by atoms with Crippen molar-refractivity contribution in [3.8, 4) is 0 Å². The van der Waals surface area contributed by atoms with E-state index in [1.54, 1.807) is 12.1 Å². The van der Waals surface area contributed by atoms with Crippen LogP contribution in [-0.4, -0.2) is 39.8 Å². The Hall–Kier alpha value is -1.07. The van der Waals surface area contributed by atoms with E-state index in [0.29, 0.717) is 10.9 Å². The molecule has 1 N–H and O–H groups in total. The maximum atomic E-state index is 11.5. The molecular weight excluding hydrogens is 272 g/mol. The summed E-state index contributed by atoms with van der Waals surface area (Å²) in [5.74, 6) is 0. The topological polar surface area (TPSA) is 49.4 Å². The number of hydrogen-bond donors (Lipinski definition) is 1. The smallest absolute Gasteiger partial charge is 0.175 e. The fraction of sp³-hybridized carbons (Fsp3) is 0.600. The largest absolute Gasteiger partial charge is 0.367 e. The number of anilines is 1. The van der Waals surface area contributed by atoms with Gasteiger partial charge < -0.3 is 10.2 Å². The van der Waals surface area contributed by atoms with Crippen LogP contribution in [0.1, 0.15) is 25.7 Å². The molecule has 1 aliphatic carbocycles. The highest BCUT2D eigenvalue weighted by Gasteiger charge is 2.27. The van der Waals surface area contributed by atoms with Crippen LogP contribution in [0, 0.1) is 0 Å². The summed E-state index contributed by atoms with van der Waals surface area (Å²) in [6.45, 7) is 2.10. The van der Waals surface area contributed by atoms with Gasteiger partial charge in [-0.05, 0) is 49.9 Å². The van der Waals surface area contributed by atoms with Crippen molar-refractivity contribution in [1.82, 2.24) is 5.32 Å². The Kier molecular flexibility index (Phi) is 3.73. The first kappa shape index (κ1) is 13.9. The van der Waals surface area contributed by atoms with E-state index in [-0.39, 0.29) is 0 Å². The molecule has 110 valence electrons. The number of nitrogens with zero attached hydrogens (tertiary/aromatic N) is 1. The summed E-state index contributed by atoms with van der Waals surface area (Å²) in [6.07, 6.45) is 6.31. The van der Waals surface area contributed by atoms with Crippen molar-refractivity contribution in [2.24, 2.45) is 0 Å². The minimum atomic E-state index is -3.10. The van der Waals surface area contributed by atoms with Crippen molar-refractivity contribution >= 4 is 15.5 Å². The van der Waals surface area contributed by atoms with Crippen LogP contribution in [0.4, 0.5) is 5.69 Å². The van der Waals surface area contributed by atoms with E-state index in [4.69, 9.17) is 0 Å².